The number of anilines is 1. The van der Waals surface area contributed by atoms with E-state index in [9.17, 15) is 0 Å². The van der Waals surface area contributed by atoms with E-state index in [1.807, 2.05) is 14.0 Å². The number of thiocarbonyl (C=S) groups is 1. The molecule has 108 valence electrons. The molecule has 0 unspecified atom stereocenters. The lowest BCUT2D eigenvalue weighted by atomic mass is 10.2. The molecule has 0 spiro atoms. The zero-order chi connectivity index (χ0) is 14.4. The third-order valence-electron chi connectivity index (χ3n) is 3.31. The van der Waals surface area contributed by atoms with E-state index >= 15 is 0 Å². The fourth-order valence-corrected chi connectivity index (χ4v) is 2.45. The van der Waals surface area contributed by atoms with Gasteiger partial charge in [-0.3, -0.25) is 4.68 Å². The Balaban J connectivity index is 2.56. The number of aryl methyl sites for hydroxylation is 2. The fraction of sp³-hybridized carbons (Fsp3) is 0.692. The second-order valence-corrected chi connectivity index (χ2v) is 5.04. The molecule has 0 radical (unpaired) electrons. The average Bonchev–Trinajstić information content (AvgIpc) is 2.64. The lowest BCUT2D eigenvalue weighted by Gasteiger charge is -2.18. The molecule has 1 rings (SSSR count). The largest absolute Gasteiger partial charge is 0.389 e. The molecule has 5 nitrogen and oxygen atoms in total. The summed E-state index contributed by atoms with van der Waals surface area (Å²) < 4.78 is 1.81. The van der Waals surface area contributed by atoms with Crippen molar-refractivity contribution in [2.75, 3.05) is 31.5 Å². The number of nitrogens with zero attached hydrogens (tertiary/aromatic N) is 3. The topological polar surface area (TPSA) is 59.1 Å². The number of hydrogen-bond acceptors (Lipinski definition) is 4. The number of nitrogens with one attached hydrogen (secondary N) is 1. The number of aromatic nitrogens is 2. The lowest BCUT2D eigenvalue weighted by molar-refractivity contribution is 0.303. The van der Waals surface area contributed by atoms with Gasteiger partial charge < -0.3 is 16.0 Å². The molecule has 0 saturated carbocycles. The van der Waals surface area contributed by atoms with Crippen molar-refractivity contribution in [3.63, 3.8) is 0 Å². The summed E-state index contributed by atoms with van der Waals surface area (Å²) in [4.78, 5) is 2.81. The second-order valence-electron chi connectivity index (χ2n) is 4.60. The Bertz CT molecular complexity index is 423. The van der Waals surface area contributed by atoms with Crippen LogP contribution in [0.4, 0.5) is 5.82 Å². The molecule has 0 bridgehead atoms. The minimum Gasteiger partial charge on any atom is -0.389 e. The molecule has 0 saturated heterocycles. The van der Waals surface area contributed by atoms with Gasteiger partial charge >= 0.3 is 0 Å². The third-order valence-corrected chi connectivity index (χ3v) is 3.51. The van der Waals surface area contributed by atoms with Gasteiger partial charge in [-0.15, -0.1) is 0 Å². The first-order valence-electron chi connectivity index (χ1n) is 6.80. The van der Waals surface area contributed by atoms with E-state index in [-0.39, 0.29) is 0 Å². The van der Waals surface area contributed by atoms with Gasteiger partial charge in [0.15, 0.2) is 0 Å². The van der Waals surface area contributed by atoms with Crippen LogP contribution in [-0.2, 0) is 7.05 Å². The Labute approximate surface area is 121 Å². The maximum absolute atomic E-state index is 5.75. The predicted octanol–water partition coefficient (Wildman–Crippen LogP) is 1.51. The van der Waals surface area contributed by atoms with Gasteiger partial charge in [-0.1, -0.05) is 26.1 Å². The first-order valence-corrected chi connectivity index (χ1v) is 7.21. The monoisotopic (exact) mass is 283 g/mol. The molecule has 0 fully saturated rings. The van der Waals surface area contributed by atoms with Crippen LogP contribution in [0.2, 0.25) is 0 Å². The quantitative estimate of drug-likeness (QED) is 0.559. The molecule has 0 aliphatic heterocycles. The maximum atomic E-state index is 5.75. The minimum absolute atomic E-state index is 0.400. The molecule has 0 atom stereocenters. The van der Waals surface area contributed by atoms with Gasteiger partial charge in [-0.2, -0.15) is 5.10 Å². The van der Waals surface area contributed by atoms with Crippen LogP contribution in [0.25, 0.3) is 0 Å². The van der Waals surface area contributed by atoms with E-state index in [2.05, 4.69) is 29.2 Å². The molecule has 0 amide bonds. The van der Waals surface area contributed by atoms with Gasteiger partial charge in [0.1, 0.15) is 10.8 Å². The molecule has 1 aromatic rings. The van der Waals surface area contributed by atoms with Crippen molar-refractivity contribution in [3.8, 4) is 0 Å². The van der Waals surface area contributed by atoms with Gasteiger partial charge in [-0.25, -0.2) is 0 Å². The Kier molecular flexibility index (Phi) is 6.24. The summed E-state index contributed by atoms with van der Waals surface area (Å²) in [5, 5.41) is 7.75. The molecule has 19 heavy (non-hydrogen) atoms. The Morgan fingerprint density at radius 1 is 1.42 bits per heavy atom. The zero-order valence-corrected chi connectivity index (χ0v) is 13.2. The van der Waals surface area contributed by atoms with Crippen molar-refractivity contribution >= 4 is 23.0 Å². The van der Waals surface area contributed by atoms with E-state index in [1.165, 1.54) is 0 Å². The molecule has 3 N–H and O–H groups in total. The number of rotatable bonds is 8. The van der Waals surface area contributed by atoms with Crippen LogP contribution in [0.15, 0.2) is 0 Å². The van der Waals surface area contributed by atoms with Crippen molar-refractivity contribution in [1.29, 1.82) is 0 Å². The summed E-state index contributed by atoms with van der Waals surface area (Å²) >= 11 is 5.08. The molecule has 6 heteroatoms. The van der Waals surface area contributed by atoms with Crippen molar-refractivity contribution in [2.24, 2.45) is 12.8 Å². The number of nitrogens with two attached hydrogens (primary N) is 1. The van der Waals surface area contributed by atoms with Crippen LogP contribution in [0.5, 0.6) is 0 Å². The Hall–Kier alpha value is -1.14. The second kappa shape index (κ2) is 7.45. The van der Waals surface area contributed by atoms with E-state index in [0.717, 1.165) is 49.7 Å². The SMILES string of the molecule is CCN(CC)CCCNc1c(C(N)=S)c(C)nn1C. The maximum Gasteiger partial charge on any atom is 0.134 e. The highest BCUT2D eigenvalue weighted by molar-refractivity contribution is 7.80. The molecule has 0 aliphatic carbocycles. The molecule has 1 aromatic heterocycles. The molecule has 1 heterocycles. The Morgan fingerprint density at radius 3 is 2.58 bits per heavy atom. The predicted molar refractivity (Wildman–Crippen MR) is 84.7 cm³/mol. The van der Waals surface area contributed by atoms with Gasteiger partial charge in [0.25, 0.3) is 0 Å². The van der Waals surface area contributed by atoms with Crippen LogP contribution in [-0.4, -0.2) is 45.8 Å². The summed E-state index contributed by atoms with van der Waals surface area (Å²) in [6.07, 6.45) is 1.09. The highest BCUT2D eigenvalue weighted by atomic mass is 32.1. The van der Waals surface area contributed by atoms with Crippen LogP contribution in [0, 0.1) is 6.92 Å². The fourth-order valence-electron chi connectivity index (χ4n) is 2.21. The first-order chi connectivity index (χ1) is 9.01. The summed E-state index contributed by atoms with van der Waals surface area (Å²) in [5.41, 5.74) is 7.49. The highest BCUT2D eigenvalue weighted by Gasteiger charge is 2.14. The van der Waals surface area contributed by atoms with Gasteiger partial charge in [0.05, 0.1) is 11.3 Å². The standard InChI is InChI=1S/C13H25N5S/c1-5-18(6-2)9-7-8-15-13-11(12(14)19)10(3)16-17(13)4/h15H,5-9H2,1-4H3,(H2,14,19). The third kappa shape index (κ3) is 4.18. The van der Waals surface area contributed by atoms with Crippen LogP contribution >= 0.6 is 12.2 Å². The lowest BCUT2D eigenvalue weighted by Crippen LogP contribution is -2.25. The van der Waals surface area contributed by atoms with E-state index in [4.69, 9.17) is 18.0 Å². The molecule has 0 aromatic carbocycles. The van der Waals surface area contributed by atoms with Crippen molar-refractivity contribution in [2.45, 2.75) is 27.2 Å². The van der Waals surface area contributed by atoms with Crippen molar-refractivity contribution < 1.29 is 0 Å². The van der Waals surface area contributed by atoms with Crippen molar-refractivity contribution in [3.05, 3.63) is 11.3 Å². The average molecular weight is 283 g/mol. The zero-order valence-electron chi connectivity index (χ0n) is 12.4. The van der Waals surface area contributed by atoms with Gasteiger partial charge in [0.2, 0.25) is 0 Å². The summed E-state index contributed by atoms with van der Waals surface area (Å²) in [7, 11) is 1.90. The Morgan fingerprint density at radius 2 is 2.05 bits per heavy atom. The van der Waals surface area contributed by atoms with Crippen LogP contribution in [0.1, 0.15) is 31.5 Å². The van der Waals surface area contributed by atoms with Gasteiger partial charge in [0, 0.05) is 13.6 Å². The minimum atomic E-state index is 0.400. The normalized spacial score (nSPS) is 11.0. The van der Waals surface area contributed by atoms with Crippen LogP contribution < -0.4 is 11.1 Å². The molecular weight excluding hydrogens is 258 g/mol. The van der Waals surface area contributed by atoms with Crippen LogP contribution in [0.3, 0.4) is 0 Å². The smallest absolute Gasteiger partial charge is 0.134 e. The molecular formula is C13H25N5S. The molecule has 0 aliphatic rings. The van der Waals surface area contributed by atoms with E-state index in [0.29, 0.717) is 4.99 Å². The van der Waals surface area contributed by atoms with Gasteiger partial charge in [-0.05, 0) is 33.0 Å². The van der Waals surface area contributed by atoms with E-state index < -0.39 is 0 Å². The summed E-state index contributed by atoms with van der Waals surface area (Å²) in [5.74, 6) is 0.921. The summed E-state index contributed by atoms with van der Waals surface area (Å²) in [6.45, 7) is 10.5. The first kappa shape index (κ1) is 15.9. The van der Waals surface area contributed by atoms with Crippen molar-refractivity contribution in [1.82, 2.24) is 14.7 Å². The van der Waals surface area contributed by atoms with E-state index in [1.54, 1.807) is 4.68 Å². The highest BCUT2D eigenvalue weighted by Crippen LogP contribution is 2.18. The summed E-state index contributed by atoms with van der Waals surface area (Å²) in [6, 6.07) is 0. The number of hydrogen-bond donors (Lipinski definition) is 2.